The number of amides is 1. The molecule has 0 fully saturated rings. The van der Waals surface area contributed by atoms with Crippen molar-refractivity contribution in [2.45, 2.75) is 0 Å². The third-order valence-corrected chi connectivity index (χ3v) is 6.83. The number of nitrogens with one attached hydrogen (secondary N) is 3. The number of H-pyrrole nitrogens is 2. The molecule has 9 heteroatoms. The summed E-state index contributed by atoms with van der Waals surface area (Å²) < 4.78 is 0. The lowest BCUT2D eigenvalue weighted by atomic mass is 10.1. The summed E-state index contributed by atoms with van der Waals surface area (Å²) >= 11 is 1.73. The monoisotopic (exact) mass is 493 g/mol. The van der Waals surface area contributed by atoms with Crippen LogP contribution >= 0.6 is 11.3 Å². The summed E-state index contributed by atoms with van der Waals surface area (Å²) in [5, 5.41) is 14.8. The highest BCUT2D eigenvalue weighted by molar-refractivity contribution is 7.13. The average molecular weight is 494 g/mol. The number of carbonyl (C=O) groups is 1. The first kappa shape index (κ1) is 22.1. The molecule has 6 aromatic rings. The Morgan fingerprint density at radius 2 is 1.94 bits per heavy atom. The van der Waals surface area contributed by atoms with E-state index in [2.05, 4.69) is 72.2 Å². The summed E-state index contributed by atoms with van der Waals surface area (Å²) in [5.41, 5.74) is 7.04. The lowest BCUT2D eigenvalue weighted by molar-refractivity contribution is -0.116. The Balaban J connectivity index is 1.38. The molecule has 0 aliphatic rings. The number of carbonyl (C=O) groups excluding carboxylic acids is 1. The molecule has 0 radical (unpaired) electrons. The van der Waals surface area contributed by atoms with Crippen molar-refractivity contribution in [1.82, 2.24) is 30.0 Å². The number of rotatable bonds is 6. The number of likely N-dealkylation sites (N-methyl/N-ethyl adjacent to an activating group) is 1. The maximum Gasteiger partial charge on any atom is 0.238 e. The summed E-state index contributed by atoms with van der Waals surface area (Å²) in [6, 6.07) is 16.5. The number of pyridine rings is 2. The molecule has 0 saturated heterocycles. The van der Waals surface area contributed by atoms with E-state index in [0.29, 0.717) is 12.2 Å². The van der Waals surface area contributed by atoms with Crippen LogP contribution in [-0.4, -0.2) is 56.6 Å². The van der Waals surface area contributed by atoms with E-state index in [0.717, 1.165) is 44.5 Å². The molecule has 0 unspecified atom stereocenters. The second-order valence-corrected chi connectivity index (χ2v) is 9.81. The number of nitrogens with zero attached hydrogens (tertiary/aromatic N) is 4. The Hall–Kier alpha value is -4.34. The van der Waals surface area contributed by atoms with Crippen LogP contribution in [0.1, 0.15) is 0 Å². The molecule has 178 valence electrons. The van der Waals surface area contributed by atoms with Gasteiger partial charge in [0.1, 0.15) is 5.69 Å². The largest absolute Gasteiger partial charge is 0.353 e. The molecule has 3 N–H and O–H groups in total. The van der Waals surface area contributed by atoms with E-state index in [1.54, 1.807) is 29.9 Å². The highest BCUT2D eigenvalue weighted by Gasteiger charge is 2.15. The summed E-state index contributed by atoms with van der Waals surface area (Å²) in [5.74, 6) is -0.0970. The number of aromatic nitrogens is 5. The van der Waals surface area contributed by atoms with E-state index in [1.165, 1.54) is 10.4 Å². The second-order valence-electron chi connectivity index (χ2n) is 8.86. The Kier molecular flexibility index (Phi) is 5.55. The molecule has 1 aromatic carbocycles. The number of benzene rings is 1. The van der Waals surface area contributed by atoms with Gasteiger partial charge in [-0.2, -0.15) is 5.10 Å². The van der Waals surface area contributed by atoms with Crippen LogP contribution in [0.25, 0.3) is 54.9 Å². The topological polar surface area (TPSA) is 103 Å². The van der Waals surface area contributed by atoms with Crippen molar-refractivity contribution in [2.24, 2.45) is 0 Å². The third kappa shape index (κ3) is 4.15. The molecule has 0 saturated carbocycles. The lowest BCUT2D eigenvalue weighted by Crippen LogP contribution is -2.27. The van der Waals surface area contributed by atoms with E-state index in [-0.39, 0.29) is 5.91 Å². The van der Waals surface area contributed by atoms with Crippen molar-refractivity contribution in [3.05, 3.63) is 72.5 Å². The summed E-state index contributed by atoms with van der Waals surface area (Å²) in [6.07, 6.45) is 5.15. The number of fused-ring (bicyclic) bond motifs is 2. The maximum absolute atomic E-state index is 12.2. The van der Waals surface area contributed by atoms with Gasteiger partial charge in [-0.25, -0.2) is 0 Å². The predicted octanol–water partition coefficient (Wildman–Crippen LogP) is 5.40. The molecule has 5 heterocycles. The van der Waals surface area contributed by atoms with Gasteiger partial charge < -0.3 is 15.2 Å². The molecular formula is C27H23N7OS. The summed E-state index contributed by atoms with van der Waals surface area (Å²) in [7, 11) is 3.71. The van der Waals surface area contributed by atoms with Crippen molar-refractivity contribution in [2.75, 3.05) is 26.0 Å². The van der Waals surface area contributed by atoms with Crippen LogP contribution in [-0.2, 0) is 4.79 Å². The number of hydrogen-bond acceptors (Lipinski definition) is 6. The highest BCUT2D eigenvalue weighted by Crippen LogP contribution is 2.36. The van der Waals surface area contributed by atoms with E-state index < -0.39 is 0 Å². The fourth-order valence-corrected chi connectivity index (χ4v) is 5.11. The van der Waals surface area contributed by atoms with E-state index >= 15 is 0 Å². The molecule has 0 spiro atoms. The Morgan fingerprint density at radius 3 is 2.78 bits per heavy atom. The van der Waals surface area contributed by atoms with E-state index in [1.807, 2.05) is 31.1 Å². The molecule has 0 atom stereocenters. The van der Waals surface area contributed by atoms with E-state index in [4.69, 9.17) is 0 Å². The number of aromatic amines is 2. The molecule has 0 bridgehead atoms. The molecule has 8 nitrogen and oxygen atoms in total. The van der Waals surface area contributed by atoms with Gasteiger partial charge in [-0.3, -0.25) is 19.9 Å². The van der Waals surface area contributed by atoms with E-state index in [9.17, 15) is 4.79 Å². The van der Waals surface area contributed by atoms with Crippen LogP contribution in [0.2, 0.25) is 0 Å². The van der Waals surface area contributed by atoms with Crippen LogP contribution in [0.15, 0.2) is 72.5 Å². The standard InChI is InChI=1S/C27H23N7OS/c1-34(2)15-26(35)30-17-9-16(12-28-13-17)22-11-20-24(14-29-22)32-33-27(20)23-10-19-18(25-7-4-8-36-25)5-3-6-21(19)31-23/h3-14,31H,15H2,1-2H3,(H,30,35)(H,32,33). The van der Waals surface area contributed by atoms with Gasteiger partial charge in [-0.05, 0) is 49.8 Å². The minimum atomic E-state index is -0.0970. The van der Waals surface area contributed by atoms with Crippen LogP contribution in [0, 0.1) is 0 Å². The first-order valence-electron chi connectivity index (χ1n) is 11.5. The zero-order valence-electron chi connectivity index (χ0n) is 19.7. The zero-order valence-corrected chi connectivity index (χ0v) is 20.6. The fourth-order valence-electron chi connectivity index (χ4n) is 4.35. The smallest absolute Gasteiger partial charge is 0.238 e. The van der Waals surface area contributed by atoms with Crippen molar-refractivity contribution in [1.29, 1.82) is 0 Å². The number of thiophene rings is 1. The quantitative estimate of drug-likeness (QED) is 0.288. The Morgan fingerprint density at radius 1 is 1.03 bits per heavy atom. The van der Waals surface area contributed by atoms with Crippen LogP contribution in [0.3, 0.4) is 0 Å². The first-order valence-corrected chi connectivity index (χ1v) is 12.3. The SMILES string of the molecule is CN(C)CC(=O)Nc1cncc(-c2cc3c(-c4cc5c(-c6cccs6)cccc5[nH]4)n[nH]c3cn2)c1. The van der Waals surface area contributed by atoms with Gasteiger partial charge in [0.2, 0.25) is 5.91 Å². The Bertz CT molecular complexity index is 1700. The summed E-state index contributed by atoms with van der Waals surface area (Å²) in [6.45, 7) is 0.297. The molecule has 1 amide bonds. The van der Waals surface area contributed by atoms with Crippen molar-refractivity contribution >= 4 is 44.7 Å². The molecular weight excluding hydrogens is 470 g/mol. The van der Waals surface area contributed by atoms with Crippen LogP contribution < -0.4 is 5.32 Å². The van der Waals surface area contributed by atoms with Crippen LogP contribution in [0.4, 0.5) is 5.69 Å². The maximum atomic E-state index is 12.2. The highest BCUT2D eigenvalue weighted by atomic mass is 32.1. The molecule has 0 aliphatic carbocycles. The predicted molar refractivity (Wildman–Crippen MR) is 145 cm³/mol. The average Bonchev–Trinajstić information content (AvgIpc) is 3.62. The normalized spacial score (nSPS) is 11.5. The van der Waals surface area contributed by atoms with Gasteiger partial charge in [0.25, 0.3) is 0 Å². The van der Waals surface area contributed by atoms with Crippen molar-refractivity contribution in [3.63, 3.8) is 0 Å². The van der Waals surface area contributed by atoms with Gasteiger partial charge in [0.15, 0.2) is 0 Å². The van der Waals surface area contributed by atoms with Crippen molar-refractivity contribution < 1.29 is 4.79 Å². The number of hydrogen-bond donors (Lipinski definition) is 3. The minimum absolute atomic E-state index is 0.0970. The summed E-state index contributed by atoms with van der Waals surface area (Å²) in [4.78, 5) is 27.7. The van der Waals surface area contributed by atoms with Crippen molar-refractivity contribution in [3.8, 4) is 33.1 Å². The van der Waals surface area contributed by atoms with Gasteiger partial charge in [0, 0.05) is 38.5 Å². The lowest BCUT2D eigenvalue weighted by Gasteiger charge is -2.10. The third-order valence-electron chi connectivity index (χ3n) is 5.93. The zero-order chi connectivity index (χ0) is 24.6. The van der Waals surface area contributed by atoms with Crippen LogP contribution in [0.5, 0.6) is 0 Å². The van der Waals surface area contributed by atoms with Gasteiger partial charge in [0.05, 0.1) is 41.5 Å². The molecule has 5 aromatic heterocycles. The fraction of sp³-hybridized carbons (Fsp3) is 0.111. The molecule has 36 heavy (non-hydrogen) atoms. The molecule has 0 aliphatic heterocycles. The van der Waals surface area contributed by atoms with Gasteiger partial charge in [-0.15, -0.1) is 11.3 Å². The minimum Gasteiger partial charge on any atom is -0.353 e. The number of anilines is 1. The van der Waals surface area contributed by atoms with Gasteiger partial charge >= 0.3 is 0 Å². The first-order chi connectivity index (χ1) is 17.5. The second kappa shape index (κ2) is 9.03. The Labute approximate surface area is 211 Å². The molecule has 6 rings (SSSR count). The van der Waals surface area contributed by atoms with Gasteiger partial charge in [-0.1, -0.05) is 18.2 Å².